The third kappa shape index (κ3) is 5.55. The maximum atomic E-state index is 12.7. The van der Waals surface area contributed by atoms with Crippen molar-refractivity contribution in [3.63, 3.8) is 0 Å². The molecule has 0 aromatic heterocycles. The zero-order valence-electron chi connectivity index (χ0n) is 10.7. The summed E-state index contributed by atoms with van der Waals surface area (Å²) in [6, 6.07) is 6.84. The number of benzene rings is 1. The SMILES string of the molecule is CCC(CC)CC(N)CSc1ccc(F)cc1. The van der Waals surface area contributed by atoms with E-state index in [-0.39, 0.29) is 11.9 Å². The van der Waals surface area contributed by atoms with E-state index in [2.05, 4.69) is 13.8 Å². The van der Waals surface area contributed by atoms with Gasteiger partial charge in [0.2, 0.25) is 0 Å². The molecule has 1 nitrogen and oxygen atoms in total. The van der Waals surface area contributed by atoms with Crippen LogP contribution in [0.4, 0.5) is 4.39 Å². The van der Waals surface area contributed by atoms with Crippen molar-refractivity contribution in [3.05, 3.63) is 30.1 Å². The number of hydrogen-bond acceptors (Lipinski definition) is 2. The van der Waals surface area contributed by atoms with Gasteiger partial charge in [0.15, 0.2) is 0 Å². The highest BCUT2D eigenvalue weighted by Crippen LogP contribution is 2.21. The fourth-order valence-electron chi connectivity index (χ4n) is 1.85. The van der Waals surface area contributed by atoms with Crippen molar-refractivity contribution < 1.29 is 4.39 Å². The lowest BCUT2D eigenvalue weighted by atomic mass is 9.96. The molecule has 0 radical (unpaired) electrons. The molecular formula is C14H22FNS. The van der Waals surface area contributed by atoms with E-state index in [0.29, 0.717) is 0 Å². The molecule has 0 saturated carbocycles. The first kappa shape index (κ1) is 14.5. The fourth-order valence-corrected chi connectivity index (χ4v) is 2.72. The maximum absolute atomic E-state index is 12.7. The zero-order chi connectivity index (χ0) is 12.7. The number of thioether (sulfide) groups is 1. The normalized spacial score (nSPS) is 13.0. The van der Waals surface area contributed by atoms with Crippen LogP contribution in [0, 0.1) is 11.7 Å². The number of hydrogen-bond donors (Lipinski definition) is 1. The van der Waals surface area contributed by atoms with E-state index >= 15 is 0 Å². The molecule has 0 bridgehead atoms. The minimum absolute atomic E-state index is 0.185. The molecule has 1 aromatic rings. The van der Waals surface area contributed by atoms with Crippen LogP contribution in [0.3, 0.4) is 0 Å². The van der Waals surface area contributed by atoms with Gasteiger partial charge in [-0.25, -0.2) is 4.39 Å². The molecule has 0 spiro atoms. The Morgan fingerprint density at radius 1 is 1.18 bits per heavy atom. The van der Waals surface area contributed by atoms with Gasteiger partial charge in [0.05, 0.1) is 0 Å². The fraction of sp³-hybridized carbons (Fsp3) is 0.571. The average molecular weight is 255 g/mol. The molecule has 17 heavy (non-hydrogen) atoms. The molecule has 2 N–H and O–H groups in total. The van der Waals surface area contributed by atoms with E-state index < -0.39 is 0 Å². The molecule has 3 heteroatoms. The summed E-state index contributed by atoms with van der Waals surface area (Å²) in [6.07, 6.45) is 3.48. The van der Waals surface area contributed by atoms with Crippen LogP contribution in [0.5, 0.6) is 0 Å². The maximum Gasteiger partial charge on any atom is 0.123 e. The lowest BCUT2D eigenvalue weighted by Gasteiger charge is -2.17. The van der Waals surface area contributed by atoms with E-state index in [1.54, 1.807) is 11.8 Å². The second kappa shape index (κ2) is 7.72. The van der Waals surface area contributed by atoms with Gasteiger partial charge in [-0.2, -0.15) is 0 Å². The van der Waals surface area contributed by atoms with Crippen molar-refractivity contribution in [3.8, 4) is 0 Å². The quantitative estimate of drug-likeness (QED) is 0.743. The minimum atomic E-state index is -0.185. The molecule has 1 atom stereocenters. The van der Waals surface area contributed by atoms with E-state index in [4.69, 9.17) is 5.73 Å². The second-order valence-electron chi connectivity index (χ2n) is 4.44. The molecule has 0 aliphatic carbocycles. The topological polar surface area (TPSA) is 26.0 Å². The van der Waals surface area contributed by atoms with Gasteiger partial charge in [0.25, 0.3) is 0 Å². The highest BCUT2D eigenvalue weighted by Gasteiger charge is 2.10. The third-order valence-corrected chi connectivity index (χ3v) is 4.27. The van der Waals surface area contributed by atoms with Crippen molar-refractivity contribution in [1.29, 1.82) is 0 Å². The highest BCUT2D eigenvalue weighted by atomic mass is 32.2. The van der Waals surface area contributed by atoms with Crippen molar-refractivity contribution >= 4 is 11.8 Å². The molecular weight excluding hydrogens is 233 g/mol. The molecule has 0 saturated heterocycles. The van der Waals surface area contributed by atoms with Gasteiger partial charge in [-0.15, -0.1) is 11.8 Å². The molecule has 1 aromatic carbocycles. The van der Waals surface area contributed by atoms with Gasteiger partial charge in [-0.3, -0.25) is 0 Å². The van der Waals surface area contributed by atoms with Crippen molar-refractivity contribution in [1.82, 2.24) is 0 Å². The minimum Gasteiger partial charge on any atom is -0.327 e. The molecule has 1 unspecified atom stereocenters. The van der Waals surface area contributed by atoms with Crippen molar-refractivity contribution in [2.75, 3.05) is 5.75 Å². The highest BCUT2D eigenvalue weighted by molar-refractivity contribution is 7.99. The smallest absolute Gasteiger partial charge is 0.123 e. The summed E-state index contributed by atoms with van der Waals surface area (Å²) < 4.78 is 12.7. The number of halogens is 1. The van der Waals surface area contributed by atoms with Crippen LogP contribution in [-0.2, 0) is 0 Å². The van der Waals surface area contributed by atoms with Gasteiger partial charge in [0.1, 0.15) is 5.82 Å². The first-order valence-electron chi connectivity index (χ1n) is 6.29. The number of rotatable bonds is 7. The summed E-state index contributed by atoms with van der Waals surface area (Å²) >= 11 is 1.71. The Morgan fingerprint density at radius 2 is 1.76 bits per heavy atom. The molecule has 96 valence electrons. The Hall–Kier alpha value is -0.540. The lowest BCUT2D eigenvalue weighted by molar-refractivity contribution is 0.424. The van der Waals surface area contributed by atoms with Gasteiger partial charge >= 0.3 is 0 Å². The molecule has 0 fully saturated rings. The summed E-state index contributed by atoms with van der Waals surface area (Å²) in [7, 11) is 0. The Bertz CT molecular complexity index is 309. The van der Waals surface area contributed by atoms with Crippen LogP contribution >= 0.6 is 11.8 Å². The van der Waals surface area contributed by atoms with Crippen LogP contribution in [-0.4, -0.2) is 11.8 Å². The second-order valence-corrected chi connectivity index (χ2v) is 5.54. The van der Waals surface area contributed by atoms with Crippen LogP contribution in [0.25, 0.3) is 0 Å². The summed E-state index contributed by atoms with van der Waals surface area (Å²) in [5.41, 5.74) is 6.11. The van der Waals surface area contributed by atoms with E-state index in [0.717, 1.165) is 23.0 Å². The summed E-state index contributed by atoms with van der Waals surface area (Å²) in [5, 5.41) is 0. The summed E-state index contributed by atoms with van der Waals surface area (Å²) in [4.78, 5) is 1.09. The van der Waals surface area contributed by atoms with Gasteiger partial charge in [-0.05, 0) is 36.6 Å². The lowest BCUT2D eigenvalue weighted by Crippen LogP contribution is -2.25. The van der Waals surface area contributed by atoms with E-state index in [9.17, 15) is 4.39 Å². The molecule has 0 aliphatic rings. The van der Waals surface area contributed by atoms with Crippen molar-refractivity contribution in [2.45, 2.75) is 44.0 Å². The predicted molar refractivity (Wildman–Crippen MR) is 73.8 cm³/mol. The molecule has 0 amide bonds. The Morgan fingerprint density at radius 3 is 2.29 bits per heavy atom. The van der Waals surface area contributed by atoms with Gasteiger partial charge < -0.3 is 5.73 Å². The van der Waals surface area contributed by atoms with Crippen LogP contribution < -0.4 is 5.73 Å². The monoisotopic (exact) mass is 255 g/mol. The Kier molecular flexibility index (Phi) is 6.60. The van der Waals surface area contributed by atoms with Crippen LogP contribution in [0.15, 0.2) is 29.2 Å². The summed E-state index contributed by atoms with van der Waals surface area (Å²) in [5.74, 6) is 1.46. The molecule has 0 aliphatic heterocycles. The van der Waals surface area contributed by atoms with E-state index in [1.165, 1.54) is 25.0 Å². The Labute approximate surface area is 108 Å². The first-order valence-corrected chi connectivity index (χ1v) is 7.28. The van der Waals surface area contributed by atoms with Crippen LogP contribution in [0.1, 0.15) is 33.1 Å². The largest absolute Gasteiger partial charge is 0.327 e. The molecule has 0 heterocycles. The van der Waals surface area contributed by atoms with Gasteiger partial charge in [-0.1, -0.05) is 26.7 Å². The first-order chi connectivity index (χ1) is 8.15. The summed E-state index contributed by atoms with van der Waals surface area (Å²) in [6.45, 7) is 4.43. The van der Waals surface area contributed by atoms with Crippen molar-refractivity contribution in [2.24, 2.45) is 11.7 Å². The standard InChI is InChI=1S/C14H22FNS/c1-3-11(4-2)9-13(16)10-17-14-7-5-12(15)6-8-14/h5-8,11,13H,3-4,9-10,16H2,1-2H3. The predicted octanol–water partition coefficient (Wildman–Crippen LogP) is 4.07. The number of nitrogens with two attached hydrogens (primary N) is 1. The Balaban J connectivity index is 2.32. The molecule has 1 rings (SSSR count). The van der Waals surface area contributed by atoms with Crippen LogP contribution in [0.2, 0.25) is 0 Å². The zero-order valence-corrected chi connectivity index (χ0v) is 11.5. The van der Waals surface area contributed by atoms with Gasteiger partial charge in [0, 0.05) is 16.7 Å². The third-order valence-electron chi connectivity index (χ3n) is 3.07. The van der Waals surface area contributed by atoms with E-state index in [1.807, 2.05) is 12.1 Å². The average Bonchev–Trinajstić information content (AvgIpc) is 2.35.